The average Bonchev–Trinajstić information content (AvgIpc) is 2.78. The minimum atomic E-state index is -0.421. The minimum Gasteiger partial charge on any atom is -0.389 e. The fraction of sp³-hybridized carbons (Fsp3) is 0.417. The largest absolute Gasteiger partial charge is 0.389 e. The summed E-state index contributed by atoms with van der Waals surface area (Å²) in [6.45, 7) is 1.94. The second kappa shape index (κ2) is 4.45. The Labute approximate surface area is 89.4 Å². The summed E-state index contributed by atoms with van der Waals surface area (Å²) in [5.41, 5.74) is 2.00. The molecule has 0 amide bonds. The number of oxime groups is 1. The summed E-state index contributed by atoms with van der Waals surface area (Å²) in [6, 6.07) is 9.92. The lowest BCUT2D eigenvalue weighted by molar-refractivity contribution is -0.0182. The first-order valence-electron chi connectivity index (χ1n) is 5.27. The van der Waals surface area contributed by atoms with Gasteiger partial charge >= 0.3 is 0 Å². The van der Waals surface area contributed by atoms with Gasteiger partial charge in [-0.2, -0.15) is 0 Å². The van der Waals surface area contributed by atoms with Crippen molar-refractivity contribution in [3.8, 4) is 0 Å². The lowest BCUT2D eigenvalue weighted by atomic mass is 10.0. The molecule has 1 N–H and O–H groups in total. The number of hydrogen-bond acceptors (Lipinski definition) is 3. The summed E-state index contributed by atoms with van der Waals surface area (Å²) in [4.78, 5) is 5.21. The zero-order chi connectivity index (χ0) is 10.7. The smallest absolute Gasteiger partial charge is 0.158 e. The second-order valence-corrected chi connectivity index (χ2v) is 3.73. The maximum absolute atomic E-state index is 9.62. The van der Waals surface area contributed by atoms with Crippen molar-refractivity contribution in [3.63, 3.8) is 0 Å². The van der Waals surface area contributed by atoms with E-state index in [1.165, 1.54) is 0 Å². The van der Waals surface area contributed by atoms with Crippen LogP contribution >= 0.6 is 0 Å². The lowest BCUT2D eigenvalue weighted by Crippen LogP contribution is -2.25. The summed E-state index contributed by atoms with van der Waals surface area (Å²) in [5.74, 6) is 0. The number of aliphatic hydroxyl groups excluding tert-OH is 1. The van der Waals surface area contributed by atoms with Crippen LogP contribution in [-0.2, 0) is 4.84 Å². The van der Waals surface area contributed by atoms with E-state index < -0.39 is 6.10 Å². The number of nitrogens with zero attached hydrogens (tertiary/aromatic N) is 1. The Morgan fingerprint density at radius 1 is 1.47 bits per heavy atom. The molecule has 15 heavy (non-hydrogen) atoms. The molecule has 1 heterocycles. The number of rotatable bonds is 3. The molecule has 0 saturated heterocycles. The third-order valence-electron chi connectivity index (χ3n) is 2.65. The van der Waals surface area contributed by atoms with Gasteiger partial charge in [-0.05, 0) is 12.0 Å². The average molecular weight is 205 g/mol. The molecule has 3 heteroatoms. The summed E-state index contributed by atoms with van der Waals surface area (Å²) < 4.78 is 0. The topological polar surface area (TPSA) is 41.8 Å². The highest BCUT2D eigenvalue weighted by Gasteiger charge is 2.27. The van der Waals surface area contributed by atoms with Gasteiger partial charge in [-0.1, -0.05) is 42.4 Å². The fourth-order valence-electron chi connectivity index (χ4n) is 1.67. The van der Waals surface area contributed by atoms with Crippen molar-refractivity contribution in [1.82, 2.24) is 0 Å². The first-order chi connectivity index (χ1) is 7.31. The Bertz CT molecular complexity index is 348. The highest BCUT2D eigenvalue weighted by molar-refractivity contribution is 6.01. The summed E-state index contributed by atoms with van der Waals surface area (Å²) >= 11 is 0. The Hall–Kier alpha value is -1.35. The predicted octanol–water partition coefficient (Wildman–Crippen LogP) is 1.95. The van der Waals surface area contributed by atoms with E-state index in [1.807, 2.05) is 37.3 Å². The SMILES string of the molecule is CC[C@@H](O)[C@@H]1CC(c2ccccc2)=NO1. The van der Waals surface area contributed by atoms with Crippen LogP contribution in [0.1, 0.15) is 25.3 Å². The Morgan fingerprint density at radius 3 is 2.87 bits per heavy atom. The predicted molar refractivity (Wildman–Crippen MR) is 58.8 cm³/mol. The molecule has 0 spiro atoms. The van der Waals surface area contributed by atoms with Crippen molar-refractivity contribution in [3.05, 3.63) is 35.9 Å². The standard InChI is InChI=1S/C12H15NO2/c1-2-11(14)12-8-10(13-15-12)9-6-4-3-5-7-9/h3-7,11-12,14H,2,8H2,1H3/t11-,12+/m1/s1. The number of aliphatic hydroxyl groups is 1. The van der Waals surface area contributed by atoms with Gasteiger partial charge in [0, 0.05) is 6.42 Å². The van der Waals surface area contributed by atoms with Gasteiger partial charge in [0.15, 0.2) is 6.10 Å². The van der Waals surface area contributed by atoms with E-state index in [0.29, 0.717) is 12.8 Å². The first kappa shape index (κ1) is 10.2. The van der Waals surface area contributed by atoms with Crippen LogP contribution in [0.2, 0.25) is 0 Å². The summed E-state index contributed by atoms with van der Waals surface area (Å²) in [6.07, 6.45) is 0.793. The van der Waals surface area contributed by atoms with E-state index in [9.17, 15) is 5.11 Å². The quantitative estimate of drug-likeness (QED) is 0.819. The molecule has 0 unspecified atom stereocenters. The maximum atomic E-state index is 9.62. The number of benzene rings is 1. The summed E-state index contributed by atoms with van der Waals surface area (Å²) in [5, 5.41) is 13.6. The van der Waals surface area contributed by atoms with E-state index >= 15 is 0 Å². The minimum absolute atomic E-state index is 0.176. The van der Waals surface area contributed by atoms with Gasteiger partial charge in [-0.15, -0.1) is 0 Å². The van der Waals surface area contributed by atoms with Crippen LogP contribution in [0, 0.1) is 0 Å². The molecule has 0 fully saturated rings. The highest BCUT2D eigenvalue weighted by atomic mass is 16.6. The maximum Gasteiger partial charge on any atom is 0.158 e. The van der Waals surface area contributed by atoms with Crippen molar-refractivity contribution in [2.75, 3.05) is 0 Å². The second-order valence-electron chi connectivity index (χ2n) is 3.73. The molecular formula is C12H15NO2. The van der Waals surface area contributed by atoms with Gasteiger partial charge in [0.2, 0.25) is 0 Å². The van der Waals surface area contributed by atoms with Crippen molar-refractivity contribution in [2.24, 2.45) is 5.16 Å². The van der Waals surface area contributed by atoms with Gasteiger partial charge < -0.3 is 9.94 Å². The first-order valence-corrected chi connectivity index (χ1v) is 5.27. The molecule has 1 aromatic rings. The molecule has 0 saturated carbocycles. The third kappa shape index (κ3) is 2.18. The zero-order valence-corrected chi connectivity index (χ0v) is 8.76. The Kier molecular flexibility index (Phi) is 3.02. The van der Waals surface area contributed by atoms with Gasteiger partial charge in [-0.25, -0.2) is 0 Å². The van der Waals surface area contributed by atoms with Crippen LogP contribution in [0.4, 0.5) is 0 Å². The van der Waals surface area contributed by atoms with Gasteiger partial charge in [0.25, 0.3) is 0 Å². The van der Waals surface area contributed by atoms with Crippen LogP contribution in [0.3, 0.4) is 0 Å². The van der Waals surface area contributed by atoms with Crippen LogP contribution in [0.15, 0.2) is 35.5 Å². The highest BCUT2D eigenvalue weighted by Crippen LogP contribution is 2.20. The van der Waals surface area contributed by atoms with Crippen LogP contribution < -0.4 is 0 Å². The molecule has 0 aromatic heterocycles. The van der Waals surface area contributed by atoms with Gasteiger partial charge in [0.05, 0.1) is 11.8 Å². The van der Waals surface area contributed by atoms with E-state index in [2.05, 4.69) is 5.16 Å². The van der Waals surface area contributed by atoms with E-state index in [-0.39, 0.29) is 6.10 Å². The van der Waals surface area contributed by atoms with E-state index in [1.54, 1.807) is 0 Å². The van der Waals surface area contributed by atoms with Crippen molar-refractivity contribution in [1.29, 1.82) is 0 Å². The molecule has 80 valence electrons. The number of hydrogen-bond donors (Lipinski definition) is 1. The molecule has 0 radical (unpaired) electrons. The molecule has 3 nitrogen and oxygen atoms in total. The Balaban J connectivity index is 2.04. The van der Waals surface area contributed by atoms with Crippen molar-refractivity contribution in [2.45, 2.75) is 32.0 Å². The third-order valence-corrected chi connectivity index (χ3v) is 2.65. The van der Waals surface area contributed by atoms with Crippen molar-refractivity contribution >= 4 is 5.71 Å². The van der Waals surface area contributed by atoms with E-state index in [0.717, 1.165) is 11.3 Å². The monoisotopic (exact) mass is 205 g/mol. The van der Waals surface area contributed by atoms with Crippen molar-refractivity contribution < 1.29 is 9.94 Å². The van der Waals surface area contributed by atoms with E-state index in [4.69, 9.17) is 4.84 Å². The molecule has 1 aliphatic heterocycles. The van der Waals surface area contributed by atoms with Gasteiger partial charge in [-0.3, -0.25) is 0 Å². The normalized spacial score (nSPS) is 22.0. The van der Waals surface area contributed by atoms with Crippen LogP contribution in [-0.4, -0.2) is 23.0 Å². The molecule has 2 atom stereocenters. The molecule has 1 aliphatic rings. The molecule has 2 rings (SSSR count). The molecule has 1 aromatic carbocycles. The molecule has 0 bridgehead atoms. The van der Waals surface area contributed by atoms with Crippen LogP contribution in [0.25, 0.3) is 0 Å². The lowest BCUT2D eigenvalue weighted by Gasteiger charge is -2.13. The summed E-state index contributed by atoms with van der Waals surface area (Å²) in [7, 11) is 0. The zero-order valence-electron chi connectivity index (χ0n) is 8.76. The Morgan fingerprint density at radius 2 is 2.20 bits per heavy atom. The van der Waals surface area contributed by atoms with Gasteiger partial charge in [0.1, 0.15) is 0 Å². The molecule has 0 aliphatic carbocycles. The molecular weight excluding hydrogens is 190 g/mol. The fourth-order valence-corrected chi connectivity index (χ4v) is 1.67. The van der Waals surface area contributed by atoms with Crippen LogP contribution in [0.5, 0.6) is 0 Å².